The van der Waals surface area contributed by atoms with E-state index < -0.39 is 8.07 Å². The van der Waals surface area contributed by atoms with Crippen molar-refractivity contribution in [3.63, 3.8) is 0 Å². The summed E-state index contributed by atoms with van der Waals surface area (Å²) in [7, 11) is -1.31. The molecular weight excluding hydrogens is 260 g/mol. The fraction of sp³-hybridized carbons (Fsp3) is 0.294. The number of rotatable bonds is 4. The van der Waals surface area contributed by atoms with E-state index in [1.165, 1.54) is 10.8 Å². The zero-order valence-corrected chi connectivity index (χ0v) is 13.4. The summed E-state index contributed by atoms with van der Waals surface area (Å²) in [5, 5.41) is 9.63. The van der Waals surface area contributed by atoms with Gasteiger partial charge in [-0.15, -0.1) is 6.42 Å². The van der Waals surface area contributed by atoms with E-state index in [0.29, 0.717) is 0 Å². The zero-order valence-electron chi connectivity index (χ0n) is 12.4. The second-order valence-electron chi connectivity index (χ2n) is 5.94. The van der Waals surface area contributed by atoms with Crippen LogP contribution in [0.4, 0.5) is 0 Å². The molecule has 0 spiro atoms. The first-order valence-electron chi connectivity index (χ1n) is 6.88. The molecule has 102 valence electrons. The predicted molar refractivity (Wildman–Crippen MR) is 86.8 cm³/mol. The molecule has 1 aromatic heterocycles. The molecule has 0 atom stereocenters. The van der Waals surface area contributed by atoms with Gasteiger partial charge < -0.3 is 0 Å². The summed E-state index contributed by atoms with van der Waals surface area (Å²) in [6, 6.07) is 10.6. The van der Waals surface area contributed by atoms with E-state index in [2.05, 4.69) is 60.0 Å². The van der Waals surface area contributed by atoms with Crippen LogP contribution >= 0.6 is 0 Å². The molecule has 0 bridgehead atoms. The van der Waals surface area contributed by atoms with Gasteiger partial charge in [-0.1, -0.05) is 55.0 Å². The Morgan fingerprint density at radius 2 is 1.85 bits per heavy atom. The smallest absolute Gasteiger partial charge is 0.0790 e. The van der Waals surface area contributed by atoms with E-state index in [-0.39, 0.29) is 0 Å². The molecule has 2 rings (SSSR count). The summed E-state index contributed by atoms with van der Waals surface area (Å²) in [4.78, 5) is 0. The summed E-state index contributed by atoms with van der Waals surface area (Å²) in [6.45, 7) is 7.13. The summed E-state index contributed by atoms with van der Waals surface area (Å²) < 4.78 is 0. The van der Waals surface area contributed by atoms with Gasteiger partial charge in [-0.2, -0.15) is 10.2 Å². The predicted octanol–water partition coefficient (Wildman–Crippen LogP) is 2.79. The monoisotopic (exact) mass is 280 g/mol. The molecule has 0 N–H and O–H groups in total. The lowest BCUT2D eigenvalue weighted by Crippen LogP contribution is -2.40. The van der Waals surface area contributed by atoms with E-state index >= 15 is 0 Å². The maximum absolute atomic E-state index is 5.51. The highest BCUT2D eigenvalue weighted by Gasteiger charge is 2.19. The van der Waals surface area contributed by atoms with Crippen molar-refractivity contribution >= 4 is 13.3 Å². The Kier molecular flexibility index (Phi) is 4.36. The van der Waals surface area contributed by atoms with Crippen molar-refractivity contribution in [2.45, 2.75) is 32.5 Å². The molecule has 0 radical (unpaired) electrons. The van der Waals surface area contributed by atoms with Gasteiger partial charge in [0.05, 0.1) is 20.0 Å². The van der Waals surface area contributed by atoms with Crippen LogP contribution in [0.25, 0.3) is 0 Å². The highest BCUT2D eigenvalue weighted by atomic mass is 28.3. The number of terminal acetylenes is 1. The number of benzene rings is 1. The van der Waals surface area contributed by atoms with Crippen LogP contribution in [0.15, 0.2) is 36.5 Å². The van der Waals surface area contributed by atoms with E-state index in [9.17, 15) is 0 Å². The number of nitrogens with zero attached hydrogens (tertiary/aromatic N) is 2. The van der Waals surface area contributed by atoms with Crippen molar-refractivity contribution in [2.75, 3.05) is 0 Å². The van der Waals surface area contributed by atoms with Gasteiger partial charge in [0.25, 0.3) is 0 Å². The van der Waals surface area contributed by atoms with Crippen molar-refractivity contribution in [1.29, 1.82) is 0 Å². The zero-order chi connectivity index (χ0) is 14.6. The lowest BCUT2D eigenvalue weighted by Gasteiger charge is -2.20. The van der Waals surface area contributed by atoms with E-state index in [0.717, 1.165) is 24.1 Å². The minimum atomic E-state index is -1.31. The van der Waals surface area contributed by atoms with Gasteiger partial charge in [0, 0.05) is 5.56 Å². The Labute approximate surface area is 122 Å². The van der Waals surface area contributed by atoms with Crippen LogP contribution in [0.1, 0.15) is 16.8 Å². The van der Waals surface area contributed by atoms with Crippen molar-refractivity contribution < 1.29 is 0 Å². The number of hydrogen-bond acceptors (Lipinski definition) is 2. The molecule has 3 heteroatoms. The van der Waals surface area contributed by atoms with Gasteiger partial charge in [-0.3, -0.25) is 0 Å². The molecule has 0 unspecified atom stereocenters. The number of aryl methyl sites for hydroxylation is 2. The standard InChI is InChI=1S/C17H20N2Si/c1-5-14-12-13-18-19-16(14)11-10-15-8-6-7-9-17(15)20(2,3)4/h1,6-9,12-13H,10-11H2,2-4H3. The minimum Gasteiger partial charge on any atom is -0.159 e. The molecule has 0 fully saturated rings. The molecule has 2 aromatic rings. The molecular formula is C17H20N2Si. The summed E-state index contributed by atoms with van der Waals surface area (Å²) in [5.41, 5.74) is 3.19. The molecule has 0 saturated heterocycles. The van der Waals surface area contributed by atoms with E-state index in [1.54, 1.807) is 6.20 Å². The first kappa shape index (κ1) is 14.5. The quantitative estimate of drug-likeness (QED) is 0.636. The van der Waals surface area contributed by atoms with Gasteiger partial charge in [-0.05, 0) is 24.5 Å². The van der Waals surface area contributed by atoms with Crippen LogP contribution in [0.2, 0.25) is 19.6 Å². The Hall–Kier alpha value is -1.92. The summed E-state index contributed by atoms with van der Waals surface area (Å²) in [5.74, 6) is 2.68. The second kappa shape index (κ2) is 6.02. The van der Waals surface area contributed by atoms with Gasteiger partial charge >= 0.3 is 0 Å². The molecule has 0 aliphatic carbocycles. The molecule has 0 amide bonds. The van der Waals surface area contributed by atoms with Crippen LogP contribution < -0.4 is 5.19 Å². The first-order valence-corrected chi connectivity index (χ1v) is 10.4. The Morgan fingerprint density at radius 1 is 1.10 bits per heavy atom. The van der Waals surface area contributed by atoms with Crippen molar-refractivity contribution in [3.05, 3.63) is 53.3 Å². The lowest BCUT2D eigenvalue weighted by atomic mass is 10.1. The normalized spacial score (nSPS) is 11.1. The van der Waals surface area contributed by atoms with Crippen molar-refractivity contribution in [1.82, 2.24) is 10.2 Å². The SMILES string of the molecule is C#Cc1ccnnc1CCc1ccccc1[Si](C)(C)C. The fourth-order valence-corrected chi connectivity index (χ4v) is 4.17. The van der Waals surface area contributed by atoms with Gasteiger partial charge in [-0.25, -0.2) is 0 Å². The average molecular weight is 280 g/mol. The molecule has 20 heavy (non-hydrogen) atoms. The molecule has 0 saturated carbocycles. The summed E-state index contributed by atoms with van der Waals surface area (Å²) >= 11 is 0. The molecule has 1 heterocycles. The molecule has 0 aliphatic rings. The highest BCUT2D eigenvalue weighted by Crippen LogP contribution is 2.11. The van der Waals surface area contributed by atoms with Gasteiger partial charge in [0.2, 0.25) is 0 Å². The minimum absolute atomic E-state index is 0.842. The number of hydrogen-bond donors (Lipinski definition) is 0. The van der Waals surface area contributed by atoms with Crippen molar-refractivity contribution in [3.8, 4) is 12.3 Å². The fourth-order valence-electron chi connectivity index (χ4n) is 2.40. The van der Waals surface area contributed by atoms with Crippen LogP contribution in [0.5, 0.6) is 0 Å². The molecule has 2 nitrogen and oxygen atoms in total. The largest absolute Gasteiger partial charge is 0.159 e. The second-order valence-corrected chi connectivity index (χ2v) is 11.0. The van der Waals surface area contributed by atoms with Crippen LogP contribution in [-0.2, 0) is 12.8 Å². The van der Waals surface area contributed by atoms with Gasteiger partial charge in [0.1, 0.15) is 0 Å². The Bertz CT molecular complexity index is 636. The topological polar surface area (TPSA) is 25.8 Å². The molecule has 0 aliphatic heterocycles. The third-order valence-electron chi connectivity index (χ3n) is 3.41. The lowest BCUT2D eigenvalue weighted by molar-refractivity contribution is 0.856. The maximum Gasteiger partial charge on any atom is 0.0790 e. The Balaban J connectivity index is 2.22. The van der Waals surface area contributed by atoms with E-state index in [1.807, 2.05) is 6.07 Å². The number of aromatic nitrogens is 2. The van der Waals surface area contributed by atoms with Crippen LogP contribution in [-0.4, -0.2) is 18.3 Å². The van der Waals surface area contributed by atoms with Crippen molar-refractivity contribution in [2.24, 2.45) is 0 Å². The summed E-state index contributed by atoms with van der Waals surface area (Å²) in [6.07, 6.45) is 8.96. The van der Waals surface area contributed by atoms with Crippen LogP contribution in [0.3, 0.4) is 0 Å². The average Bonchev–Trinajstić information content (AvgIpc) is 2.44. The third kappa shape index (κ3) is 3.34. The van der Waals surface area contributed by atoms with E-state index in [4.69, 9.17) is 6.42 Å². The Morgan fingerprint density at radius 3 is 2.55 bits per heavy atom. The van der Waals surface area contributed by atoms with Crippen LogP contribution in [0, 0.1) is 12.3 Å². The highest BCUT2D eigenvalue weighted by molar-refractivity contribution is 6.89. The maximum atomic E-state index is 5.51. The van der Waals surface area contributed by atoms with Gasteiger partial charge in [0.15, 0.2) is 0 Å². The molecule has 1 aromatic carbocycles. The third-order valence-corrected chi connectivity index (χ3v) is 5.51. The first-order chi connectivity index (χ1) is 9.52.